The maximum atomic E-state index is 12.5. The summed E-state index contributed by atoms with van der Waals surface area (Å²) in [5.41, 5.74) is 1.13. The van der Waals surface area contributed by atoms with E-state index in [1.54, 1.807) is 0 Å². The van der Waals surface area contributed by atoms with Crippen molar-refractivity contribution in [2.24, 2.45) is 0 Å². The molecule has 0 saturated heterocycles. The lowest BCUT2D eigenvalue weighted by molar-refractivity contribution is -0.132. The van der Waals surface area contributed by atoms with Crippen molar-refractivity contribution in [3.05, 3.63) is 29.8 Å². The molecule has 0 radical (unpaired) electrons. The Hall–Kier alpha value is -0.620. The molecule has 1 amide bonds. The van der Waals surface area contributed by atoms with Crippen LogP contribution >= 0.6 is 27.7 Å². The van der Waals surface area contributed by atoms with Crippen LogP contribution in [0.3, 0.4) is 0 Å². The number of benzene rings is 1. The summed E-state index contributed by atoms with van der Waals surface area (Å²) < 4.78 is 25.0. The van der Waals surface area contributed by atoms with E-state index in [9.17, 15) is 13.6 Å². The summed E-state index contributed by atoms with van der Waals surface area (Å²) in [6, 6.07) is 7.81. The predicted octanol–water partition coefficient (Wildman–Crippen LogP) is 3.19. The van der Waals surface area contributed by atoms with Gasteiger partial charge in [0.15, 0.2) is 0 Å². The molecular weight excluding hydrogens is 336 g/mol. The Bertz CT molecular complexity index is 433. The molecule has 19 heavy (non-hydrogen) atoms. The molecule has 0 aliphatic carbocycles. The number of alkyl halides is 3. The topological polar surface area (TPSA) is 20.3 Å². The van der Waals surface area contributed by atoms with Gasteiger partial charge in [0.25, 0.3) is 6.43 Å². The van der Waals surface area contributed by atoms with Gasteiger partial charge in [-0.25, -0.2) is 8.78 Å². The standard InChI is InChI=1S/C13H14BrF2NOS/c14-5-6-17(8-12(15)16)13(18)11-7-9-3-1-2-4-10(9)19-11/h1-4,11-12H,5-8H2. The van der Waals surface area contributed by atoms with E-state index in [4.69, 9.17) is 0 Å². The second kappa shape index (κ2) is 6.70. The van der Waals surface area contributed by atoms with Gasteiger partial charge in [-0.15, -0.1) is 11.8 Å². The van der Waals surface area contributed by atoms with Crippen molar-refractivity contribution in [2.75, 3.05) is 18.4 Å². The van der Waals surface area contributed by atoms with Crippen LogP contribution in [0.25, 0.3) is 0 Å². The summed E-state index contributed by atoms with van der Waals surface area (Å²) >= 11 is 4.67. The summed E-state index contributed by atoms with van der Waals surface area (Å²) in [6.07, 6.45) is -1.86. The third-order valence-corrected chi connectivity index (χ3v) is 4.61. The average Bonchev–Trinajstić information content (AvgIpc) is 2.80. The van der Waals surface area contributed by atoms with Crippen LogP contribution in [-0.4, -0.2) is 40.9 Å². The number of rotatable bonds is 5. The largest absolute Gasteiger partial charge is 0.335 e. The van der Waals surface area contributed by atoms with Crippen molar-refractivity contribution in [1.29, 1.82) is 0 Å². The number of hydrogen-bond donors (Lipinski definition) is 0. The quantitative estimate of drug-likeness (QED) is 0.761. The molecule has 0 bridgehead atoms. The first kappa shape index (κ1) is 14.8. The number of carbonyl (C=O) groups excluding carboxylic acids is 1. The van der Waals surface area contributed by atoms with Crippen molar-refractivity contribution >= 4 is 33.6 Å². The number of fused-ring (bicyclic) bond motifs is 1. The normalized spacial score (nSPS) is 17.6. The van der Waals surface area contributed by atoms with Gasteiger partial charge in [0.2, 0.25) is 5.91 Å². The van der Waals surface area contributed by atoms with Gasteiger partial charge in [-0.1, -0.05) is 34.1 Å². The van der Waals surface area contributed by atoms with E-state index in [0.717, 1.165) is 10.5 Å². The molecule has 0 spiro atoms. The van der Waals surface area contributed by atoms with Gasteiger partial charge in [0.05, 0.1) is 11.8 Å². The molecule has 1 atom stereocenters. The monoisotopic (exact) mass is 349 g/mol. The van der Waals surface area contributed by atoms with Crippen molar-refractivity contribution in [3.63, 3.8) is 0 Å². The minimum absolute atomic E-state index is 0.194. The van der Waals surface area contributed by atoms with E-state index in [1.165, 1.54) is 16.7 Å². The van der Waals surface area contributed by atoms with Crippen molar-refractivity contribution < 1.29 is 13.6 Å². The van der Waals surface area contributed by atoms with E-state index in [2.05, 4.69) is 15.9 Å². The third-order valence-electron chi connectivity index (χ3n) is 2.95. The summed E-state index contributed by atoms with van der Waals surface area (Å²) in [5, 5.41) is 0.241. The van der Waals surface area contributed by atoms with Crippen LogP contribution in [0.1, 0.15) is 5.56 Å². The Kier molecular flexibility index (Phi) is 5.21. The van der Waals surface area contributed by atoms with Crippen molar-refractivity contribution in [3.8, 4) is 0 Å². The maximum Gasteiger partial charge on any atom is 0.255 e. The lowest BCUT2D eigenvalue weighted by atomic mass is 10.1. The van der Waals surface area contributed by atoms with Gasteiger partial charge in [0.1, 0.15) is 0 Å². The molecule has 1 aromatic carbocycles. The summed E-state index contributed by atoms with van der Waals surface area (Å²) in [5.74, 6) is -0.194. The molecule has 6 heteroatoms. The van der Waals surface area contributed by atoms with Gasteiger partial charge < -0.3 is 4.90 Å². The molecule has 1 heterocycles. The number of nitrogens with zero attached hydrogens (tertiary/aromatic N) is 1. The highest BCUT2D eigenvalue weighted by Crippen LogP contribution is 2.37. The molecular formula is C13H14BrF2NOS. The Labute approximate surface area is 123 Å². The molecule has 104 valence electrons. The smallest absolute Gasteiger partial charge is 0.255 e. The second-order valence-corrected chi connectivity index (χ2v) is 6.32. The van der Waals surface area contributed by atoms with E-state index < -0.39 is 13.0 Å². The fourth-order valence-electron chi connectivity index (χ4n) is 2.08. The summed E-state index contributed by atoms with van der Waals surface area (Å²) in [7, 11) is 0. The third kappa shape index (κ3) is 3.69. The highest BCUT2D eigenvalue weighted by atomic mass is 79.9. The lowest BCUT2D eigenvalue weighted by Crippen LogP contribution is -2.41. The number of thioether (sulfide) groups is 1. The Balaban J connectivity index is 2.04. The SMILES string of the molecule is O=C(C1Cc2ccccc2S1)N(CCBr)CC(F)F. The Morgan fingerprint density at radius 3 is 2.84 bits per heavy atom. The van der Waals surface area contributed by atoms with Crippen LogP contribution in [0.15, 0.2) is 29.2 Å². The van der Waals surface area contributed by atoms with Crippen LogP contribution in [0.5, 0.6) is 0 Å². The van der Waals surface area contributed by atoms with Crippen molar-refractivity contribution in [2.45, 2.75) is 23.0 Å². The highest BCUT2D eigenvalue weighted by Gasteiger charge is 2.32. The van der Waals surface area contributed by atoms with E-state index >= 15 is 0 Å². The van der Waals surface area contributed by atoms with E-state index in [0.29, 0.717) is 18.3 Å². The first-order chi connectivity index (χ1) is 9.11. The fraction of sp³-hybridized carbons (Fsp3) is 0.462. The predicted molar refractivity (Wildman–Crippen MR) is 76.2 cm³/mol. The van der Waals surface area contributed by atoms with Crippen LogP contribution in [-0.2, 0) is 11.2 Å². The van der Waals surface area contributed by atoms with Gasteiger partial charge in [-0.3, -0.25) is 4.79 Å². The number of carbonyl (C=O) groups is 1. The summed E-state index contributed by atoms with van der Waals surface area (Å²) in [4.78, 5) is 14.6. The highest BCUT2D eigenvalue weighted by molar-refractivity contribution is 9.09. The van der Waals surface area contributed by atoms with Crippen LogP contribution < -0.4 is 0 Å². The first-order valence-electron chi connectivity index (χ1n) is 5.99. The molecule has 0 saturated carbocycles. The number of amides is 1. The van der Waals surface area contributed by atoms with Crippen molar-refractivity contribution in [1.82, 2.24) is 4.90 Å². The van der Waals surface area contributed by atoms with Crippen LogP contribution in [0, 0.1) is 0 Å². The van der Waals surface area contributed by atoms with Gasteiger partial charge >= 0.3 is 0 Å². The molecule has 0 aromatic heterocycles. The Morgan fingerprint density at radius 1 is 1.47 bits per heavy atom. The molecule has 2 nitrogen and oxygen atoms in total. The van der Waals surface area contributed by atoms with Crippen LogP contribution in [0.2, 0.25) is 0 Å². The fourth-order valence-corrected chi connectivity index (χ4v) is 3.79. The zero-order chi connectivity index (χ0) is 13.8. The number of hydrogen-bond acceptors (Lipinski definition) is 2. The zero-order valence-corrected chi connectivity index (χ0v) is 12.6. The molecule has 0 N–H and O–H groups in total. The first-order valence-corrected chi connectivity index (χ1v) is 7.99. The van der Waals surface area contributed by atoms with Gasteiger partial charge in [-0.05, 0) is 18.1 Å². The second-order valence-electron chi connectivity index (χ2n) is 4.28. The summed E-state index contributed by atoms with van der Waals surface area (Å²) in [6.45, 7) is -0.172. The number of halogens is 3. The minimum atomic E-state index is -2.49. The molecule has 1 aromatic rings. The van der Waals surface area contributed by atoms with E-state index in [1.807, 2.05) is 24.3 Å². The lowest BCUT2D eigenvalue weighted by Gasteiger charge is -2.24. The molecule has 0 fully saturated rings. The van der Waals surface area contributed by atoms with Crippen LogP contribution in [0.4, 0.5) is 8.78 Å². The Morgan fingerprint density at radius 2 is 2.21 bits per heavy atom. The maximum absolute atomic E-state index is 12.5. The molecule has 2 rings (SSSR count). The van der Waals surface area contributed by atoms with Gasteiger partial charge in [-0.2, -0.15) is 0 Å². The molecule has 1 unspecified atom stereocenters. The zero-order valence-electron chi connectivity index (χ0n) is 10.2. The van der Waals surface area contributed by atoms with Gasteiger partial charge in [0, 0.05) is 16.8 Å². The molecule has 1 aliphatic rings. The molecule has 1 aliphatic heterocycles. The average molecular weight is 350 g/mol. The minimum Gasteiger partial charge on any atom is -0.335 e. The van der Waals surface area contributed by atoms with E-state index in [-0.39, 0.29) is 11.2 Å².